The second-order valence-corrected chi connectivity index (χ2v) is 7.93. The highest BCUT2D eigenvalue weighted by Gasteiger charge is 2.42. The van der Waals surface area contributed by atoms with Crippen molar-refractivity contribution >= 4 is 17.4 Å². The molecule has 0 bridgehead atoms. The number of carbonyl (C=O) groups excluding carboxylic acids is 2. The van der Waals surface area contributed by atoms with Crippen molar-refractivity contribution in [3.05, 3.63) is 35.6 Å². The molecule has 1 saturated carbocycles. The van der Waals surface area contributed by atoms with Crippen molar-refractivity contribution in [3.63, 3.8) is 0 Å². The number of carbonyl (C=O) groups is 2. The maximum absolute atomic E-state index is 13.0. The highest BCUT2D eigenvalue weighted by Crippen LogP contribution is 2.33. The van der Waals surface area contributed by atoms with Crippen LogP contribution in [0.15, 0.2) is 30.0 Å². The Morgan fingerprint density at radius 1 is 1.00 bits per heavy atom. The first kappa shape index (κ1) is 19.5. The molecule has 2 amide bonds. The zero-order valence-electron chi connectivity index (χ0n) is 16.2. The standard InChI is InChI=1S/C22H29NO4/c1-15(2)14-27-18-12-10-16(11-13-18)19-20(24)22(26)23(21(19)25)17-8-6-4-3-5-7-9-17/h10-13,15,17,24H,3-9,14H2,1-2H3. The lowest BCUT2D eigenvalue weighted by molar-refractivity contribution is -0.141. The van der Waals surface area contributed by atoms with E-state index in [0.29, 0.717) is 23.8 Å². The number of aliphatic hydroxyl groups is 1. The number of hydrogen-bond acceptors (Lipinski definition) is 4. The van der Waals surface area contributed by atoms with Gasteiger partial charge in [-0.15, -0.1) is 0 Å². The number of imide groups is 1. The molecule has 146 valence electrons. The second kappa shape index (κ2) is 8.59. The van der Waals surface area contributed by atoms with E-state index in [1.807, 2.05) is 0 Å². The Balaban J connectivity index is 1.77. The summed E-state index contributed by atoms with van der Waals surface area (Å²) in [4.78, 5) is 26.9. The molecule has 0 unspecified atom stereocenters. The number of aliphatic hydroxyl groups excluding tert-OH is 1. The third-order valence-electron chi connectivity index (χ3n) is 5.26. The topological polar surface area (TPSA) is 66.8 Å². The minimum Gasteiger partial charge on any atom is -0.502 e. The third kappa shape index (κ3) is 4.34. The van der Waals surface area contributed by atoms with Crippen LogP contribution in [0.1, 0.15) is 64.4 Å². The van der Waals surface area contributed by atoms with E-state index in [-0.39, 0.29) is 17.5 Å². The van der Waals surface area contributed by atoms with Gasteiger partial charge in [-0.3, -0.25) is 14.5 Å². The van der Waals surface area contributed by atoms with E-state index in [1.54, 1.807) is 24.3 Å². The van der Waals surface area contributed by atoms with Gasteiger partial charge in [-0.25, -0.2) is 0 Å². The van der Waals surface area contributed by atoms with Gasteiger partial charge >= 0.3 is 0 Å². The van der Waals surface area contributed by atoms with Gasteiger partial charge in [0, 0.05) is 6.04 Å². The zero-order valence-corrected chi connectivity index (χ0v) is 16.2. The molecule has 0 radical (unpaired) electrons. The third-order valence-corrected chi connectivity index (χ3v) is 5.26. The smallest absolute Gasteiger partial charge is 0.296 e. The summed E-state index contributed by atoms with van der Waals surface area (Å²) in [6.07, 6.45) is 7.15. The fraction of sp³-hybridized carbons (Fsp3) is 0.545. The fourth-order valence-corrected chi connectivity index (χ4v) is 3.80. The monoisotopic (exact) mass is 371 g/mol. The summed E-state index contributed by atoms with van der Waals surface area (Å²) in [5.74, 6) is -0.235. The SMILES string of the molecule is CC(C)COc1ccc(C2=C(O)C(=O)N(C3CCCCCCC3)C2=O)cc1. The van der Waals surface area contributed by atoms with Crippen molar-refractivity contribution in [1.82, 2.24) is 4.90 Å². The largest absolute Gasteiger partial charge is 0.502 e. The van der Waals surface area contributed by atoms with Gasteiger partial charge < -0.3 is 9.84 Å². The van der Waals surface area contributed by atoms with Crippen LogP contribution >= 0.6 is 0 Å². The van der Waals surface area contributed by atoms with E-state index < -0.39 is 11.7 Å². The molecule has 1 fully saturated rings. The van der Waals surface area contributed by atoms with Crippen molar-refractivity contribution in [1.29, 1.82) is 0 Å². The molecular formula is C22H29NO4. The summed E-state index contributed by atoms with van der Waals surface area (Å²) < 4.78 is 5.66. The average molecular weight is 371 g/mol. The van der Waals surface area contributed by atoms with Crippen LogP contribution in [-0.4, -0.2) is 34.5 Å². The number of ether oxygens (including phenoxy) is 1. The Bertz CT molecular complexity index is 712. The number of benzene rings is 1. The normalized spacial score (nSPS) is 19.6. The van der Waals surface area contributed by atoms with Crippen LogP contribution in [-0.2, 0) is 9.59 Å². The van der Waals surface area contributed by atoms with E-state index >= 15 is 0 Å². The second-order valence-electron chi connectivity index (χ2n) is 7.93. The molecule has 0 atom stereocenters. The number of amides is 2. The Labute approximate surface area is 161 Å². The minimum absolute atomic E-state index is 0.109. The summed E-state index contributed by atoms with van der Waals surface area (Å²) in [7, 11) is 0. The molecule has 5 heteroatoms. The van der Waals surface area contributed by atoms with Crippen LogP contribution in [0.25, 0.3) is 5.57 Å². The molecule has 0 aromatic heterocycles. The molecule has 1 aromatic carbocycles. The Morgan fingerprint density at radius 2 is 1.59 bits per heavy atom. The molecule has 3 rings (SSSR count). The molecule has 1 heterocycles. The van der Waals surface area contributed by atoms with Gasteiger partial charge in [0.25, 0.3) is 11.8 Å². The van der Waals surface area contributed by atoms with Gasteiger partial charge in [0.05, 0.1) is 12.2 Å². The lowest BCUT2D eigenvalue weighted by atomic mass is 9.95. The highest BCUT2D eigenvalue weighted by molar-refractivity contribution is 6.35. The molecule has 0 saturated heterocycles. The molecule has 2 aliphatic rings. The number of nitrogens with zero attached hydrogens (tertiary/aromatic N) is 1. The van der Waals surface area contributed by atoms with Gasteiger partial charge in [-0.1, -0.05) is 58.1 Å². The first-order chi connectivity index (χ1) is 13.0. The number of rotatable bonds is 5. The van der Waals surface area contributed by atoms with E-state index in [9.17, 15) is 14.7 Å². The van der Waals surface area contributed by atoms with Crippen LogP contribution in [0, 0.1) is 5.92 Å². The lowest BCUT2D eigenvalue weighted by Crippen LogP contribution is -2.41. The van der Waals surface area contributed by atoms with Crippen LogP contribution in [0.5, 0.6) is 5.75 Å². The first-order valence-corrected chi connectivity index (χ1v) is 10.0. The fourth-order valence-electron chi connectivity index (χ4n) is 3.80. The quantitative estimate of drug-likeness (QED) is 0.776. The minimum atomic E-state index is -0.555. The van der Waals surface area contributed by atoms with Crippen molar-refractivity contribution in [2.75, 3.05) is 6.61 Å². The van der Waals surface area contributed by atoms with Gasteiger partial charge in [0.15, 0.2) is 5.76 Å². The Hall–Kier alpha value is -2.30. The molecule has 1 aliphatic heterocycles. The summed E-state index contributed by atoms with van der Waals surface area (Å²) in [6.45, 7) is 4.76. The van der Waals surface area contributed by atoms with Crippen molar-refractivity contribution in [2.24, 2.45) is 5.92 Å². The van der Waals surface area contributed by atoms with Crippen molar-refractivity contribution in [2.45, 2.75) is 64.8 Å². The van der Waals surface area contributed by atoms with Gasteiger partial charge in [0.1, 0.15) is 5.75 Å². The highest BCUT2D eigenvalue weighted by atomic mass is 16.5. The summed E-state index contributed by atoms with van der Waals surface area (Å²) in [6, 6.07) is 6.89. The van der Waals surface area contributed by atoms with Crippen molar-refractivity contribution < 1.29 is 19.4 Å². The molecule has 27 heavy (non-hydrogen) atoms. The van der Waals surface area contributed by atoms with Crippen LogP contribution in [0.3, 0.4) is 0 Å². The lowest BCUT2D eigenvalue weighted by Gasteiger charge is -2.28. The zero-order chi connectivity index (χ0) is 19.4. The Morgan fingerprint density at radius 3 is 2.19 bits per heavy atom. The predicted octanol–water partition coefficient (Wildman–Crippen LogP) is 4.47. The van der Waals surface area contributed by atoms with Gasteiger partial charge in [-0.2, -0.15) is 0 Å². The molecule has 0 spiro atoms. The van der Waals surface area contributed by atoms with Gasteiger partial charge in [0.2, 0.25) is 0 Å². The van der Waals surface area contributed by atoms with E-state index in [2.05, 4.69) is 13.8 Å². The summed E-state index contributed by atoms with van der Waals surface area (Å²) in [5, 5.41) is 10.4. The number of hydrogen-bond donors (Lipinski definition) is 1. The molecular weight excluding hydrogens is 342 g/mol. The maximum atomic E-state index is 13.0. The van der Waals surface area contributed by atoms with E-state index in [1.165, 1.54) is 11.3 Å². The van der Waals surface area contributed by atoms with E-state index in [0.717, 1.165) is 38.5 Å². The average Bonchev–Trinajstić information content (AvgIpc) is 2.83. The first-order valence-electron chi connectivity index (χ1n) is 10.0. The summed E-state index contributed by atoms with van der Waals surface area (Å²) >= 11 is 0. The molecule has 1 N–H and O–H groups in total. The van der Waals surface area contributed by atoms with Crippen LogP contribution < -0.4 is 4.74 Å². The van der Waals surface area contributed by atoms with Crippen molar-refractivity contribution in [3.8, 4) is 5.75 Å². The molecule has 1 aromatic rings. The van der Waals surface area contributed by atoms with Crippen LogP contribution in [0.2, 0.25) is 0 Å². The maximum Gasteiger partial charge on any atom is 0.296 e. The Kier molecular flexibility index (Phi) is 6.19. The van der Waals surface area contributed by atoms with Crippen LogP contribution in [0.4, 0.5) is 0 Å². The summed E-state index contributed by atoms with van der Waals surface area (Å²) in [5.41, 5.74) is 0.661. The van der Waals surface area contributed by atoms with E-state index in [4.69, 9.17) is 4.74 Å². The molecule has 1 aliphatic carbocycles. The van der Waals surface area contributed by atoms with Gasteiger partial charge in [-0.05, 0) is 36.5 Å². The molecule has 5 nitrogen and oxygen atoms in total. The predicted molar refractivity (Wildman–Crippen MR) is 104 cm³/mol.